The number of benzene rings is 1. The van der Waals surface area contributed by atoms with Gasteiger partial charge in [-0.1, -0.05) is 18.2 Å². The zero-order valence-electron chi connectivity index (χ0n) is 5.14. The summed E-state index contributed by atoms with van der Waals surface area (Å²) in [6, 6.07) is 8.47. The maximum absolute atomic E-state index is 9.92. The Balaban J connectivity index is 2.87. The van der Waals surface area contributed by atoms with Crippen molar-refractivity contribution in [1.82, 2.24) is 0 Å². The molecule has 0 unspecified atom stereocenters. The molecule has 0 aliphatic heterocycles. The van der Waals surface area contributed by atoms with Crippen LogP contribution in [0, 0.1) is 5.21 Å². The molecule has 1 rings (SSSR count). The molecule has 0 heterocycles. The molecule has 0 aromatic heterocycles. The normalized spacial score (nSPS) is 11.4. The molecule has 1 aromatic carbocycles. The fraction of sp³-hybridized carbons (Fsp3) is 0. The van der Waals surface area contributed by atoms with Gasteiger partial charge in [0.2, 0.25) is 0 Å². The number of hydrogen-bond acceptors (Lipinski definition) is 2. The smallest absolute Gasteiger partial charge is 0.171 e. The van der Waals surface area contributed by atoms with Crippen molar-refractivity contribution < 1.29 is 10.2 Å². The predicted molar refractivity (Wildman–Crippen MR) is 33.9 cm³/mol. The van der Waals surface area contributed by atoms with Crippen LogP contribution in [0.1, 0.15) is 0 Å². The highest BCUT2D eigenvalue weighted by molar-refractivity contribution is 5.33. The highest BCUT2D eigenvalue weighted by Gasteiger charge is 1.90. The predicted octanol–water partition coefficient (Wildman–Crippen LogP) is 1.67. The Morgan fingerprint density at radius 1 is 1.30 bits per heavy atom. The molecule has 1 N–H and O–H groups in total. The summed E-state index contributed by atoms with van der Waals surface area (Å²) in [5.41, 5.74) is 0.431. The molecule has 10 heavy (non-hydrogen) atoms. The number of nitrogens with zero attached hydrogens (tertiary/aromatic N) is 2. The van der Waals surface area contributed by atoms with Gasteiger partial charge in [0.25, 0.3) is 0 Å². The second-order valence-electron chi connectivity index (χ2n) is 1.69. The summed E-state index contributed by atoms with van der Waals surface area (Å²) in [4.78, 5) is 0. The highest BCUT2D eigenvalue weighted by Crippen LogP contribution is 2.08. The standard InChI is InChI=1S/C6H6N2O2/c9-8(10)7-6-4-2-1-3-5-6/h1-5H,(H,7,9,10). The van der Waals surface area contributed by atoms with Crippen molar-refractivity contribution in [3.63, 3.8) is 0 Å². The highest BCUT2D eigenvalue weighted by atomic mass is 16.8. The van der Waals surface area contributed by atoms with Crippen molar-refractivity contribution in [3.8, 4) is 0 Å². The molecule has 4 nitrogen and oxygen atoms in total. The Labute approximate surface area is 57.6 Å². The Kier molecular flexibility index (Phi) is 1.84. The van der Waals surface area contributed by atoms with E-state index in [0.717, 1.165) is 0 Å². The van der Waals surface area contributed by atoms with Crippen molar-refractivity contribution in [2.24, 2.45) is 5.11 Å². The zero-order chi connectivity index (χ0) is 7.40. The molecule has 0 aliphatic carbocycles. The van der Waals surface area contributed by atoms with Gasteiger partial charge in [0.05, 0.1) is 5.11 Å². The second kappa shape index (κ2) is 2.82. The van der Waals surface area contributed by atoms with E-state index >= 15 is 0 Å². The van der Waals surface area contributed by atoms with Gasteiger partial charge in [-0.3, -0.25) is 0 Å². The van der Waals surface area contributed by atoms with E-state index in [1.807, 2.05) is 0 Å². The van der Waals surface area contributed by atoms with E-state index in [4.69, 9.17) is 5.21 Å². The summed E-state index contributed by atoms with van der Waals surface area (Å²) < 4.78 is 0. The van der Waals surface area contributed by atoms with Crippen LogP contribution in [0.15, 0.2) is 35.4 Å². The molecule has 0 saturated heterocycles. The van der Waals surface area contributed by atoms with Gasteiger partial charge in [-0.2, -0.15) is 0 Å². The lowest BCUT2D eigenvalue weighted by molar-refractivity contribution is -0.774. The van der Waals surface area contributed by atoms with Crippen LogP contribution in [0.25, 0.3) is 0 Å². The van der Waals surface area contributed by atoms with Crippen molar-refractivity contribution in [1.29, 1.82) is 0 Å². The van der Waals surface area contributed by atoms with E-state index in [0.29, 0.717) is 5.69 Å². The maximum Gasteiger partial charge on any atom is 0.171 e. The van der Waals surface area contributed by atoms with Crippen molar-refractivity contribution in [2.75, 3.05) is 0 Å². The third kappa shape index (κ3) is 1.74. The average molecular weight is 138 g/mol. The van der Waals surface area contributed by atoms with Crippen LogP contribution in [-0.2, 0) is 0 Å². The van der Waals surface area contributed by atoms with Crippen LogP contribution in [0.3, 0.4) is 0 Å². The summed E-state index contributed by atoms with van der Waals surface area (Å²) in [5, 5.41) is 20.8. The van der Waals surface area contributed by atoms with Crippen LogP contribution < -0.4 is 0 Å². The van der Waals surface area contributed by atoms with E-state index in [-0.39, 0.29) is 0 Å². The summed E-state index contributed by atoms with van der Waals surface area (Å²) in [6.45, 7) is 0. The van der Waals surface area contributed by atoms with Crippen LogP contribution in [-0.4, -0.2) is 10.2 Å². The first-order valence-electron chi connectivity index (χ1n) is 2.72. The molecule has 0 bridgehead atoms. The van der Waals surface area contributed by atoms with Gasteiger partial charge in [0, 0.05) is 0 Å². The molecular formula is C6H6N2O2. The SMILES string of the molecule is [O-]/[N+](O)=N/c1ccccc1. The Bertz CT molecular complexity index is 229. The lowest BCUT2D eigenvalue weighted by Gasteiger charge is -1.84. The lowest BCUT2D eigenvalue weighted by atomic mass is 10.3. The lowest BCUT2D eigenvalue weighted by Crippen LogP contribution is -1.87. The summed E-state index contributed by atoms with van der Waals surface area (Å²) in [6.07, 6.45) is 0. The third-order valence-electron chi connectivity index (χ3n) is 0.957. The quantitative estimate of drug-likeness (QED) is 0.474. The summed E-state index contributed by atoms with van der Waals surface area (Å²) >= 11 is 0. The minimum absolute atomic E-state index is 0.431. The number of hydrogen-bond donors (Lipinski definition) is 1. The Morgan fingerprint density at radius 3 is 2.40 bits per heavy atom. The van der Waals surface area contributed by atoms with Crippen molar-refractivity contribution >= 4 is 5.69 Å². The first kappa shape index (κ1) is 6.54. The van der Waals surface area contributed by atoms with Gasteiger partial charge >= 0.3 is 0 Å². The first-order chi connectivity index (χ1) is 4.79. The number of rotatable bonds is 1. The van der Waals surface area contributed by atoms with E-state index < -0.39 is 5.02 Å². The first-order valence-corrected chi connectivity index (χ1v) is 2.72. The molecule has 0 atom stereocenters. The zero-order valence-corrected chi connectivity index (χ0v) is 5.14. The van der Waals surface area contributed by atoms with Gasteiger partial charge in [-0.25, -0.2) is 5.21 Å². The van der Waals surface area contributed by atoms with Crippen LogP contribution in [0.4, 0.5) is 5.69 Å². The van der Waals surface area contributed by atoms with Crippen molar-refractivity contribution in [2.45, 2.75) is 0 Å². The van der Waals surface area contributed by atoms with Gasteiger partial charge in [0.1, 0.15) is 5.69 Å². The van der Waals surface area contributed by atoms with Crippen LogP contribution >= 0.6 is 0 Å². The molecule has 0 aliphatic rings. The molecule has 0 amide bonds. The molecule has 0 radical (unpaired) electrons. The average Bonchev–Trinajstić information content (AvgIpc) is 1.88. The summed E-state index contributed by atoms with van der Waals surface area (Å²) in [5.74, 6) is 0. The second-order valence-corrected chi connectivity index (χ2v) is 1.69. The molecule has 0 fully saturated rings. The van der Waals surface area contributed by atoms with Crippen LogP contribution in [0.5, 0.6) is 0 Å². The van der Waals surface area contributed by atoms with Gasteiger partial charge in [-0.05, 0) is 12.1 Å². The Hall–Kier alpha value is -1.58. The fourth-order valence-electron chi connectivity index (χ4n) is 0.593. The van der Waals surface area contributed by atoms with Gasteiger partial charge < -0.3 is 5.21 Å². The van der Waals surface area contributed by atoms with Crippen molar-refractivity contribution in [3.05, 3.63) is 35.5 Å². The van der Waals surface area contributed by atoms with E-state index in [1.165, 1.54) is 0 Å². The maximum atomic E-state index is 9.92. The minimum Gasteiger partial charge on any atom is -0.394 e. The monoisotopic (exact) mass is 138 g/mol. The summed E-state index contributed by atoms with van der Waals surface area (Å²) in [7, 11) is 0. The molecular weight excluding hydrogens is 132 g/mol. The molecule has 1 aromatic rings. The van der Waals surface area contributed by atoms with E-state index in [2.05, 4.69) is 5.11 Å². The molecule has 0 saturated carbocycles. The minimum atomic E-state index is -0.463. The van der Waals surface area contributed by atoms with E-state index in [9.17, 15) is 5.21 Å². The largest absolute Gasteiger partial charge is 0.394 e. The van der Waals surface area contributed by atoms with E-state index in [1.54, 1.807) is 30.3 Å². The Morgan fingerprint density at radius 2 is 1.90 bits per heavy atom. The topological polar surface area (TPSA) is 58.7 Å². The van der Waals surface area contributed by atoms with Gasteiger partial charge in [0.15, 0.2) is 5.02 Å². The fourth-order valence-corrected chi connectivity index (χ4v) is 0.593. The molecule has 0 spiro atoms. The molecule has 52 valence electrons. The molecule has 4 heteroatoms. The third-order valence-corrected chi connectivity index (χ3v) is 0.957. The van der Waals surface area contributed by atoms with Crippen LogP contribution in [0.2, 0.25) is 0 Å². The van der Waals surface area contributed by atoms with Gasteiger partial charge in [-0.15, -0.1) is 0 Å².